The molecule has 1 N–H and O–H groups in total. The Morgan fingerprint density at radius 2 is 2.08 bits per heavy atom. The molecule has 1 atom stereocenters. The summed E-state index contributed by atoms with van der Waals surface area (Å²) in [5.41, 5.74) is 0.608. The number of rotatable bonds is 4. The number of methoxy groups -OCH3 is 1. The van der Waals surface area contributed by atoms with Crippen LogP contribution in [0.3, 0.4) is 0 Å². The minimum atomic E-state index is -1.02. The third-order valence-corrected chi connectivity index (χ3v) is 4.35. The molecular formula is C18H18BrNO6. The molecule has 2 rings (SSSR count). The highest BCUT2D eigenvalue weighted by Gasteiger charge is 2.24. The van der Waals surface area contributed by atoms with Crippen LogP contribution in [0.25, 0.3) is 6.08 Å². The van der Waals surface area contributed by atoms with Gasteiger partial charge in [0, 0.05) is 24.0 Å². The number of esters is 2. The van der Waals surface area contributed by atoms with Gasteiger partial charge in [-0.25, -0.2) is 4.79 Å². The van der Waals surface area contributed by atoms with E-state index in [0.29, 0.717) is 23.0 Å². The average molecular weight is 424 g/mol. The average Bonchev–Trinajstić information content (AvgIpc) is 2.61. The van der Waals surface area contributed by atoms with Gasteiger partial charge < -0.3 is 19.5 Å². The zero-order chi connectivity index (χ0) is 19.3. The van der Waals surface area contributed by atoms with Crippen LogP contribution in [0.5, 0.6) is 5.75 Å². The zero-order valence-corrected chi connectivity index (χ0v) is 15.9. The molecule has 1 unspecified atom stereocenters. The Hall–Kier alpha value is -2.45. The summed E-state index contributed by atoms with van der Waals surface area (Å²) in [4.78, 5) is 36.6. The van der Waals surface area contributed by atoms with E-state index in [1.54, 1.807) is 6.07 Å². The zero-order valence-electron chi connectivity index (χ0n) is 14.3. The van der Waals surface area contributed by atoms with Crippen molar-refractivity contribution in [2.24, 2.45) is 0 Å². The van der Waals surface area contributed by atoms with Gasteiger partial charge in [-0.3, -0.25) is 9.59 Å². The van der Waals surface area contributed by atoms with Crippen LogP contribution in [0.2, 0.25) is 0 Å². The second-order valence-corrected chi connectivity index (χ2v) is 6.37. The van der Waals surface area contributed by atoms with Gasteiger partial charge in [0.05, 0.1) is 7.11 Å². The van der Waals surface area contributed by atoms with E-state index in [4.69, 9.17) is 4.74 Å². The maximum Gasteiger partial charge on any atom is 0.341 e. The lowest BCUT2D eigenvalue weighted by atomic mass is 10.1. The van der Waals surface area contributed by atoms with Gasteiger partial charge in [-0.15, -0.1) is 0 Å². The largest absolute Gasteiger partial charge is 0.465 e. The second kappa shape index (κ2) is 8.77. The summed E-state index contributed by atoms with van der Waals surface area (Å²) in [5.74, 6) is -1.52. The summed E-state index contributed by atoms with van der Waals surface area (Å²) in [6.45, 7) is 1.63. The summed E-state index contributed by atoms with van der Waals surface area (Å²) in [5, 5.41) is 10.0. The summed E-state index contributed by atoms with van der Waals surface area (Å²) in [7, 11) is 1.22. The smallest absolute Gasteiger partial charge is 0.341 e. The minimum Gasteiger partial charge on any atom is -0.465 e. The van der Waals surface area contributed by atoms with Crippen molar-refractivity contribution in [2.75, 3.05) is 13.7 Å². The quantitative estimate of drug-likeness (QED) is 0.453. The molecule has 1 aliphatic rings. The predicted molar refractivity (Wildman–Crippen MR) is 97.5 cm³/mol. The molecule has 26 heavy (non-hydrogen) atoms. The number of benzene rings is 1. The van der Waals surface area contributed by atoms with Crippen LogP contribution >= 0.6 is 15.9 Å². The molecule has 1 aromatic carbocycles. The normalized spacial score (nSPS) is 17.0. The maximum atomic E-state index is 12.3. The van der Waals surface area contributed by atoms with E-state index in [9.17, 15) is 19.5 Å². The molecule has 1 amide bonds. The molecule has 0 aromatic heterocycles. The van der Waals surface area contributed by atoms with Crippen molar-refractivity contribution in [3.63, 3.8) is 0 Å². The standard InChI is InChI=1S/C18H18BrNO6/c1-11(21)26-15-7-5-12(10-13(15)18(24)25-2)6-8-16(22)20-9-3-4-14(19)17(20)23/h4-8,10,17,23H,3,9H2,1-2H3/b8-6+. The van der Waals surface area contributed by atoms with Gasteiger partial charge in [-0.05, 0) is 30.2 Å². The number of aliphatic hydroxyl groups is 1. The van der Waals surface area contributed by atoms with E-state index in [-0.39, 0.29) is 17.2 Å². The van der Waals surface area contributed by atoms with Crippen molar-refractivity contribution in [2.45, 2.75) is 19.6 Å². The number of carbonyl (C=O) groups is 3. The first-order valence-corrected chi connectivity index (χ1v) is 8.56. The molecule has 0 bridgehead atoms. The molecule has 1 aromatic rings. The van der Waals surface area contributed by atoms with Crippen LogP contribution in [0.15, 0.2) is 34.8 Å². The highest BCUT2D eigenvalue weighted by Crippen LogP contribution is 2.23. The SMILES string of the molecule is COC(=O)c1cc(/C=C/C(=O)N2CCC=C(Br)C2O)ccc1OC(C)=O. The third kappa shape index (κ3) is 4.80. The number of halogens is 1. The highest BCUT2D eigenvalue weighted by atomic mass is 79.9. The Labute approximate surface area is 159 Å². The molecule has 1 heterocycles. The van der Waals surface area contributed by atoms with Gasteiger partial charge in [-0.2, -0.15) is 0 Å². The summed E-state index contributed by atoms with van der Waals surface area (Å²) in [6.07, 6.45) is 4.25. The van der Waals surface area contributed by atoms with Gasteiger partial charge in [-0.1, -0.05) is 28.1 Å². The number of aliphatic hydroxyl groups excluding tert-OH is 1. The van der Waals surface area contributed by atoms with E-state index in [1.807, 2.05) is 6.08 Å². The van der Waals surface area contributed by atoms with Crippen LogP contribution < -0.4 is 4.74 Å². The second-order valence-electron chi connectivity index (χ2n) is 5.46. The van der Waals surface area contributed by atoms with Crippen LogP contribution in [0.4, 0.5) is 0 Å². The lowest BCUT2D eigenvalue weighted by Crippen LogP contribution is -2.42. The Bertz CT molecular complexity index is 786. The number of carbonyl (C=O) groups excluding carboxylic acids is 3. The Balaban J connectivity index is 2.22. The van der Waals surface area contributed by atoms with E-state index < -0.39 is 18.2 Å². The van der Waals surface area contributed by atoms with Crippen molar-refractivity contribution in [3.8, 4) is 5.75 Å². The summed E-state index contributed by atoms with van der Waals surface area (Å²) >= 11 is 3.22. The first kappa shape index (κ1) is 19.9. The molecule has 0 saturated carbocycles. The predicted octanol–water partition coefficient (Wildman–Crippen LogP) is 2.24. The van der Waals surface area contributed by atoms with E-state index in [2.05, 4.69) is 20.7 Å². The van der Waals surface area contributed by atoms with Gasteiger partial charge >= 0.3 is 11.9 Å². The molecule has 0 spiro atoms. The van der Waals surface area contributed by atoms with E-state index in [1.165, 1.54) is 43.2 Å². The van der Waals surface area contributed by atoms with Crippen molar-refractivity contribution >= 4 is 39.9 Å². The fourth-order valence-corrected chi connectivity index (χ4v) is 2.85. The van der Waals surface area contributed by atoms with Crippen molar-refractivity contribution in [1.82, 2.24) is 4.90 Å². The highest BCUT2D eigenvalue weighted by molar-refractivity contribution is 9.11. The van der Waals surface area contributed by atoms with Crippen LogP contribution in [-0.2, 0) is 14.3 Å². The van der Waals surface area contributed by atoms with Gasteiger partial charge in [0.2, 0.25) is 5.91 Å². The van der Waals surface area contributed by atoms with Crippen LogP contribution in [0.1, 0.15) is 29.3 Å². The monoisotopic (exact) mass is 423 g/mol. The fraction of sp³-hybridized carbons (Fsp3) is 0.278. The molecule has 8 heteroatoms. The molecule has 7 nitrogen and oxygen atoms in total. The van der Waals surface area contributed by atoms with Crippen LogP contribution in [-0.4, -0.2) is 47.7 Å². The number of hydrogen-bond donors (Lipinski definition) is 1. The molecule has 0 fully saturated rings. The van der Waals surface area contributed by atoms with Crippen molar-refractivity contribution < 1.29 is 29.0 Å². The number of ether oxygens (including phenoxy) is 2. The Kier molecular flexibility index (Phi) is 6.70. The van der Waals surface area contributed by atoms with E-state index >= 15 is 0 Å². The number of amides is 1. The minimum absolute atomic E-state index is 0.0704. The summed E-state index contributed by atoms with van der Waals surface area (Å²) in [6, 6.07) is 4.50. The lowest BCUT2D eigenvalue weighted by Gasteiger charge is -2.29. The third-order valence-electron chi connectivity index (χ3n) is 3.62. The van der Waals surface area contributed by atoms with Crippen LogP contribution in [0, 0.1) is 0 Å². The number of hydrogen-bond acceptors (Lipinski definition) is 6. The molecule has 1 aliphatic heterocycles. The fourth-order valence-electron chi connectivity index (χ4n) is 2.38. The maximum absolute atomic E-state index is 12.3. The Morgan fingerprint density at radius 1 is 1.35 bits per heavy atom. The topological polar surface area (TPSA) is 93.1 Å². The lowest BCUT2D eigenvalue weighted by molar-refractivity contribution is -0.134. The molecule has 138 valence electrons. The first-order chi connectivity index (χ1) is 12.3. The Morgan fingerprint density at radius 3 is 2.73 bits per heavy atom. The molecular weight excluding hydrogens is 406 g/mol. The number of nitrogens with zero attached hydrogens (tertiary/aromatic N) is 1. The van der Waals surface area contributed by atoms with E-state index in [0.717, 1.165) is 0 Å². The van der Waals surface area contributed by atoms with Crippen molar-refractivity contribution in [1.29, 1.82) is 0 Å². The van der Waals surface area contributed by atoms with Gasteiger partial charge in [0.25, 0.3) is 0 Å². The van der Waals surface area contributed by atoms with Gasteiger partial charge in [0.1, 0.15) is 11.3 Å². The van der Waals surface area contributed by atoms with Gasteiger partial charge in [0.15, 0.2) is 6.23 Å². The molecule has 0 radical (unpaired) electrons. The first-order valence-electron chi connectivity index (χ1n) is 7.76. The van der Waals surface area contributed by atoms with Crippen molar-refractivity contribution in [3.05, 3.63) is 46.0 Å². The summed E-state index contributed by atoms with van der Waals surface area (Å²) < 4.78 is 10.2. The molecule has 0 saturated heterocycles. The molecule has 0 aliphatic carbocycles.